The Hall–Kier alpha value is -1.30. The molecule has 1 amide bonds. The van der Waals surface area contributed by atoms with Crippen molar-refractivity contribution in [1.29, 1.82) is 0 Å². The molecule has 0 atom stereocenters. The van der Waals surface area contributed by atoms with Gasteiger partial charge in [-0.3, -0.25) is 4.79 Å². The molecule has 0 aliphatic rings. The Bertz CT molecular complexity index is 564. The third-order valence-electron chi connectivity index (χ3n) is 2.13. The number of anilines is 1. The minimum absolute atomic E-state index is 0.110. The highest BCUT2D eigenvalue weighted by molar-refractivity contribution is 7.16. The Morgan fingerprint density at radius 1 is 1.37 bits per heavy atom. The van der Waals surface area contributed by atoms with Crippen LogP contribution in [0.5, 0.6) is 5.75 Å². The Kier molecular flexibility index (Phi) is 4.63. The molecule has 0 saturated heterocycles. The van der Waals surface area contributed by atoms with E-state index < -0.39 is 0 Å². The third-order valence-corrected chi connectivity index (χ3v) is 3.84. The summed E-state index contributed by atoms with van der Waals surface area (Å²) in [7, 11) is 0. The number of carbonyl (C=O) groups is 1. The van der Waals surface area contributed by atoms with Gasteiger partial charge in [0.25, 0.3) is 0 Å². The van der Waals surface area contributed by atoms with Crippen LogP contribution in [0.15, 0.2) is 24.3 Å². The molecule has 0 saturated carbocycles. The number of carbonyl (C=O) groups excluding carboxylic acids is 1. The summed E-state index contributed by atoms with van der Waals surface area (Å²) in [6.45, 7) is 1.76. The fourth-order valence-corrected chi connectivity index (χ4v) is 2.54. The molecule has 0 bridgehead atoms. The minimum atomic E-state index is -0.110. The number of hydrogen-bond acceptors (Lipinski definition) is 4. The first kappa shape index (κ1) is 14.1. The van der Waals surface area contributed by atoms with E-state index in [1.807, 2.05) is 0 Å². The largest absolute Gasteiger partial charge is 0.486 e. The molecule has 0 fully saturated rings. The molecule has 1 aromatic carbocycles. The smallest absolute Gasteiger partial charge is 0.221 e. The van der Waals surface area contributed by atoms with Crippen molar-refractivity contribution >= 4 is 46.1 Å². The highest BCUT2D eigenvalue weighted by Crippen LogP contribution is 2.28. The third kappa shape index (κ3) is 4.09. The Labute approximate surface area is 124 Å². The van der Waals surface area contributed by atoms with Gasteiger partial charge in [0.1, 0.15) is 21.7 Å². The van der Waals surface area contributed by atoms with E-state index in [2.05, 4.69) is 10.3 Å². The van der Waals surface area contributed by atoms with Crippen LogP contribution in [-0.4, -0.2) is 10.9 Å². The van der Waals surface area contributed by atoms with E-state index in [1.54, 1.807) is 24.3 Å². The minimum Gasteiger partial charge on any atom is -0.486 e. The summed E-state index contributed by atoms with van der Waals surface area (Å²) in [5.74, 6) is 0.567. The molecule has 1 aromatic heterocycles. The predicted molar refractivity (Wildman–Crippen MR) is 77.2 cm³/mol. The lowest BCUT2D eigenvalue weighted by molar-refractivity contribution is -0.114. The number of halogens is 2. The van der Waals surface area contributed by atoms with Gasteiger partial charge in [0.2, 0.25) is 5.91 Å². The van der Waals surface area contributed by atoms with Crippen molar-refractivity contribution in [3.05, 3.63) is 38.8 Å². The van der Waals surface area contributed by atoms with Crippen molar-refractivity contribution in [3.8, 4) is 5.75 Å². The zero-order valence-electron chi connectivity index (χ0n) is 9.94. The van der Waals surface area contributed by atoms with E-state index in [0.717, 1.165) is 5.69 Å². The van der Waals surface area contributed by atoms with Crippen molar-refractivity contribution in [2.24, 2.45) is 0 Å². The van der Waals surface area contributed by atoms with Crippen molar-refractivity contribution in [1.82, 2.24) is 4.98 Å². The zero-order valence-corrected chi connectivity index (χ0v) is 12.3. The number of nitrogens with one attached hydrogen (secondary N) is 1. The van der Waals surface area contributed by atoms with Gasteiger partial charge in [0.05, 0.1) is 0 Å². The van der Waals surface area contributed by atoms with Crippen LogP contribution in [0.1, 0.15) is 11.9 Å². The summed E-state index contributed by atoms with van der Waals surface area (Å²) in [5, 5.41) is 3.68. The Morgan fingerprint density at radius 3 is 2.58 bits per heavy atom. The van der Waals surface area contributed by atoms with Gasteiger partial charge in [0, 0.05) is 12.6 Å². The van der Waals surface area contributed by atoms with Crippen molar-refractivity contribution in [2.75, 3.05) is 5.32 Å². The normalized spacial score (nSPS) is 10.3. The molecule has 1 heterocycles. The van der Waals surface area contributed by atoms with Gasteiger partial charge in [-0.25, -0.2) is 4.98 Å². The van der Waals surface area contributed by atoms with Gasteiger partial charge in [-0.05, 0) is 24.3 Å². The summed E-state index contributed by atoms with van der Waals surface area (Å²) >= 11 is 12.8. The van der Waals surface area contributed by atoms with E-state index in [-0.39, 0.29) is 5.91 Å². The zero-order chi connectivity index (χ0) is 13.8. The summed E-state index contributed by atoms with van der Waals surface area (Å²) in [6, 6.07) is 7.06. The second-order valence-corrected chi connectivity index (χ2v) is 5.71. The first-order chi connectivity index (χ1) is 9.04. The van der Waals surface area contributed by atoms with Gasteiger partial charge >= 0.3 is 0 Å². The molecular formula is C12H10Cl2N2O2S. The van der Waals surface area contributed by atoms with Gasteiger partial charge in [-0.15, -0.1) is 11.3 Å². The summed E-state index contributed by atoms with van der Waals surface area (Å²) in [4.78, 5) is 14.9. The van der Waals surface area contributed by atoms with Gasteiger partial charge in [0.15, 0.2) is 5.15 Å². The number of benzene rings is 1. The molecule has 0 radical (unpaired) electrons. The molecule has 0 unspecified atom stereocenters. The molecule has 2 aromatic rings. The SMILES string of the molecule is CC(=O)Nc1ccc(OCc2nc(Cl)c(Cl)s2)cc1. The maximum atomic E-state index is 10.9. The molecule has 0 aliphatic heterocycles. The number of thiazole rings is 1. The molecule has 4 nitrogen and oxygen atoms in total. The van der Waals surface area contributed by atoms with Gasteiger partial charge in [-0.2, -0.15) is 0 Å². The lowest BCUT2D eigenvalue weighted by Crippen LogP contribution is -2.05. The monoisotopic (exact) mass is 316 g/mol. The van der Waals surface area contributed by atoms with Crippen LogP contribution in [0, 0.1) is 0 Å². The molecule has 7 heteroatoms. The lowest BCUT2D eigenvalue weighted by atomic mass is 10.3. The van der Waals surface area contributed by atoms with E-state index in [4.69, 9.17) is 27.9 Å². The maximum absolute atomic E-state index is 10.9. The number of nitrogens with zero attached hydrogens (tertiary/aromatic N) is 1. The van der Waals surface area contributed by atoms with E-state index in [0.29, 0.717) is 26.9 Å². The predicted octanol–water partition coefficient (Wildman–Crippen LogP) is 3.99. The van der Waals surface area contributed by atoms with Gasteiger partial charge < -0.3 is 10.1 Å². The number of aromatic nitrogens is 1. The maximum Gasteiger partial charge on any atom is 0.221 e. The Morgan fingerprint density at radius 2 is 2.05 bits per heavy atom. The number of ether oxygens (including phenoxy) is 1. The molecule has 2 rings (SSSR count). The average molecular weight is 317 g/mol. The second kappa shape index (κ2) is 6.23. The van der Waals surface area contributed by atoms with Crippen LogP contribution in [0.25, 0.3) is 0 Å². The molecular weight excluding hydrogens is 307 g/mol. The lowest BCUT2D eigenvalue weighted by Gasteiger charge is -2.05. The number of rotatable bonds is 4. The summed E-state index contributed by atoms with van der Waals surface area (Å²) in [5.41, 5.74) is 0.722. The van der Waals surface area contributed by atoms with E-state index in [9.17, 15) is 4.79 Å². The molecule has 1 N–H and O–H groups in total. The van der Waals surface area contributed by atoms with Crippen LogP contribution in [0.2, 0.25) is 9.49 Å². The molecule has 100 valence electrons. The highest BCUT2D eigenvalue weighted by Gasteiger charge is 2.07. The topological polar surface area (TPSA) is 51.2 Å². The van der Waals surface area contributed by atoms with Crippen molar-refractivity contribution in [2.45, 2.75) is 13.5 Å². The van der Waals surface area contributed by atoms with Crippen LogP contribution >= 0.6 is 34.5 Å². The molecule has 0 spiro atoms. The standard InChI is InChI=1S/C12H10Cl2N2O2S/c1-7(17)15-8-2-4-9(5-3-8)18-6-10-16-11(13)12(14)19-10/h2-5H,6H2,1H3,(H,15,17). The van der Waals surface area contributed by atoms with Crippen LogP contribution < -0.4 is 10.1 Å². The Balaban J connectivity index is 1.94. The first-order valence-electron chi connectivity index (χ1n) is 5.36. The van der Waals surface area contributed by atoms with Crippen molar-refractivity contribution in [3.63, 3.8) is 0 Å². The quantitative estimate of drug-likeness (QED) is 0.928. The molecule has 0 aliphatic carbocycles. The fourth-order valence-electron chi connectivity index (χ4n) is 1.37. The van der Waals surface area contributed by atoms with Crippen LogP contribution in [0.4, 0.5) is 5.69 Å². The highest BCUT2D eigenvalue weighted by atomic mass is 35.5. The number of amides is 1. The summed E-state index contributed by atoms with van der Waals surface area (Å²) in [6.07, 6.45) is 0. The summed E-state index contributed by atoms with van der Waals surface area (Å²) < 4.78 is 6.00. The fraction of sp³-hybridized carbons (Fsp3) is 0.167. The van der Waals surface area contributed by atoms with Crippen LogP contribution in [0.3, 0.4) is 0 Å². The average Bonchev–Trinajstić information content (AvgIpc) is 2.67. The first-order valence-corrected chi connectivity index (χ1v) is 6.93. The van der Waals surface area contributed by atoms with Crippen LogP contribution in [-0.2, 0) is 11.4 Å². The van der Waals surface area contributed by atoms with E-state index >= 15 is 0 Å². The van der Waals surface area contributed by atoms with Gasteiger partial charge in [-0.1, -0.05) is 23.2 Å². The number of hydrogen-bond donors (Lipinski definition) is 1. The molecule has 19 heavy (non-hydrogen) atoms. The van der Waals surface area contributed by atoms with E-state index in [1.165, 1.54) is 18.3 Å². The second-order valence-electron chi connectivity index (χ2n) is 3.67. The van der Waals surface area contributed by atoms with Crippen molar-refractivity contribution < 1.29 is 9.53 Å².